The zero-order valence-electron chi connectivity index (χ0n) is 17.4. The fourth-order valence-electron chi connectivity index (χ4n) is 3.72. The second kappa shape index (κ2) is 9.41. The first-order valence-corrected chi connectivity index (χ1v) is 10.3. The highest BCUT2D eigenvalue weighted by Gasteiger charge is 2.41. The molecule has 3 heterocycles. The summed E-state index contributed by atoms with van der Waals surface area (Å²) in [6, 6.07) is 0. The number of ketones is 1. The average Bonchev–Trinajstić information content (AvgIpc) is 3.39. The monoisotopic (exact) mass is 402 g/mol. The van der Waals surface area contributed by atoms with Crippen molar-refractivity contribution in [1.82, 2.24) is 30.8 Å². The topological polar surface area (TPSA) is 119 Å². The Morgan fingerprint density at radius 2 is 1.72 bits per heavy atom. The number of aromatic amines is 2. The Kier molecular flexibility index (Phi) is 6.92. The largest absolute Gasteiger partial charge is 0.345 e. The van der Waals surface area contributed by atoms with Gasteiger partial charge in [0.1, 0.15) is 11.4 Å². The number of ether oxygens (including phenoxy) is 2. The molecule has 0 aliphatic carbocycles. The molecule has 2 unspecified atom stereocenters. The van der Waals surface area contributed by atoms with Gasteiger partial charge in [-0.15, -0.1) is 0 Å². The van der Waals surface area contributed by atoms with Gasteiger partial charge >= 0.3 is 0 Å². The molecular formula is C20H30N6O3. The van der Waals surface area contributed by atoms with Gasteiger partial charge in [0.15, 0.2) is 11.5 Å². The zero-order chi connectivity index (χ0) is 20.9. The molecule has 2 atom stereocenters. The third-order valence-electron chi connectivity index (χ3n) is 5.08. The summed E-state index contributed by atoms with van der Waals surface area (Å²) in [7, 11) is 0. The lowest BCUT2D eigenvalue weighted by Gasteiger charge is -2.16. The Hall–Kier alpha value is -2.39. The van der Waals surface area contributed by atoms with Gasteiger partial charge in [-0.05, 0) is 26.3 Å². The maximum atomic E-state index is 12.0. The molecule has 0 amide bonds. The van der Waals surface area contributed by atoms with Gasteiger partial charge in [-0.25, -0.2) is 0 Å². The molecule has 2 N–H and O–H groups in total. The van der Waals surface area contributed by atoms with E-state index in [0.717, 1.165) is 12.8 Å². The third kappa shape index (κ3) is 5.16. The highest BCUT2D eigenvalue weighted by Crippen LogP contribution is 2.34. The minimum absolute atomic E-state index is 0.0113. The maximum absolute atomic E-state index is 12.0. The van der Waals surface area contributed by atoms with Crippen LogP contribution in [-0.4, -0.2) is 54.6 Å². The number of aromatic nitrogens is 6. The summed E-state index contributed by atoms with van der Waals surface area (Å²) in [5.41, 5.74) is 1.68. The Bertz CT molecular complexity index is 828. The lowest BCUT2D eigenvalue weighted by atomic mass is 10.00. The van der Waals surface area contributed by atoms with Crippen molar-refractivity contribution in [3.8, 4) is 11.4 Å². The van der Waals surface area contributed by atoms with Crippen LogP contribution >= 0.6 is 0 Å². The van der Waals surface area contributed by atoms with Gasteiger partial charge < -0.3 is 9.47 Å². The number of carbonyl (C=O) groups is 1. The highest BCUT2D eigenvalue weighted by atomic mass is 16.7. The predicted octanol–water partition coefficient (Wildman–Crippen LogP) is 3.38. The Labute approximate surface area is 170 Å². The predicted molar refractivity (Wildman–Crippen MR) is 107 cm³/mol. The quantitative estimate of drug-likeness (QED) is 0.336. The van der Waals surface area contributed by atoms with E-state index < -0.39 is 5.79 Å². The molecule has 1 aliphatic rings. The van der Waals surface area contributed by atoms with Crippen LogP contribution in [0.5, 0.6) is 0 Å². The van der Waals surface area contributed by atoms with Gasteiger partial charge in [-0.3, -0.25) is 4.79 Å². The Balaban J connectivity index is 1.72. The molecule has 0 aromatic carbocycles. The summed E-state index contributed by atoms with van der Waals surface area (Å²) >= 11 is 0. The molecule has 0 bridgehead atoms. The maximum Gasteiger partial charge on any atom is 0.207 e. The number of allylic oxidation sites excluding steroid dienone is 1. The summed E-state index contributed by atoms with van der Waals surface area (Å²) in [5, 5.41) is 21.6. The van der Waals surface area contributed by atoms with Crippen LogP contribution in [0, 0.1) is 0 Å². The van der Waals surface area contributed by atoms with Crippen molar-refractivity contribution >= 4 is 5.78 Å². The molecule has 9 nitrogen and oxygen atoms in total. The van der Waals surface area contributed by atoms with Crippen LogP contribution in [-0.2, 0) is 15.9 Å². The molecule has 158 valence electrons. The SMILES string of the molecule is C=CC(=O)c1n[nH]nc1-c1n[nH]nc1CC1OC(C)(C)OC1CCCCCCC. The first-order chi connectivity index (χ1) is 13.9. The summed E-state index contributed by atoms with van der Waals surface area (Å²) in [6.45, 7) is 9.58. The highest BCUT2D eigenvalue weighted by molar-refractivity contribution is 6.06. The van der Waals surface area contributed by atoms with Gasteiger partial charge in [0, 0.05) is 6.42 Å². The normalized spacial score (nSPS) is 20.8. The Morgan fingerprint density at radius 3 is 2.48 bits per heavy atom. The summed E-state index contributed by atoms with van der Waals surface area (Å²) < 4.78 is 12.3. The van der Waals surface area contributed by atoms with Crippen LogP contribution < -0.4 is 0 Å². The van der Waals surface area contributed by atoms with Gasteiger partial charge in [-0.2, -0.15) is 30.8 Å². The van der Waals surface area contributed by atoms with Crippen LogP contribution in [0.25, 0.3) is 11.4 Å². The fourth-order valence-corrected chi connectivity index (χ4v) is 3.72. The molecule has 29 heavy (non-hydrogen) atoms. The first kappa shape index (κ1) is 21.3. The van der Waals surface area contributed by atoms with E-state index in [1.165, 1.54) is 31.8 Å². The van der Waals surface area contributed by atoms with Crippen molar-refractivity contribution < 1.29 is 14.3 Å². The van der Waals surface area contributed by atoms with E-state index in [1.54, 1.807) is 0 Å². The fraction of sp³-hybridized carbons (Fsp3) is 0.650. The number of unbranched alkanes of at least 4 members (excludes halogenated alkanes) is 4. The molecule has 0 spiro atoms. The summed E-state index contributed by atoms with van der Waals surface area (Å²) in [4.78, 5) is 12.0. The van der Waals surface area contributed by atoms with E-state index in [4.69, 9.17) is 9.47 Å². The molecule has 1 fully saturated rings. The lowest BCUT2D eigenvalue weighted by molar-refractivity contribution is -0.146. The number of nitrogens with zero attached hydrogens (tertiary/aromatic N) is 4. The minimum Gasteiger partial charge on any atom is -0.345 e. The van der Waals surface area contributed by atoms with Gasteiger partial charge in [0.2, 0.25) is 5.78 Å². The van der Waals surface area contributed by atoms with Crippen LogP contribution in [0.15, 0.2) is 12.7 Å². The van der Waals surface area contributed by atoms with E-state index in [1.807, 2.05) is 13.8 Å². The van der Waals surface area contributed by atoms with E-state index in [0.29, 0.717) is 23.5 Å². The molecule has 3 rings (SSSR count). The van der Waals surface area contributed by atoms with Gasteiger partial charge in [0.05, 0.1) is 17.9 Å². The molecule has 0 saturated carbocycles. The van der Waals surface area contributed by atoms with Gasteiger partial charge in [0.25, 0.3) is 0 Å². The van der Waals surface area contributed by atoms with Crippen LogP contribution in [0.3, 0.4) is 0 Å². The second-order valence-corrected chi connectivity index (χ2v) is 7.83. The van der Waals surface area contributed by atoms with E-state index in [-0.39, 0.29) is 23.7 Å². The van der Waals surface area contributed by atoms with E-state index in [9.17, 15) is 4.79 Å². The van der Waals surface area contributed by atoms with Crippen LogP contribution in [0.2, 0.25) is 0 Å². The number of hydrogen-bond donors (Lipinski definition) is 2. The minimum atomic E-state index is -0.638. The smallest absolute Gasteiger partial charge is 0.207 e. The number of hydrogen-bond acceptors (Lipinski definition) is 7. The summed E-state index contributed by atoms with van der Waals surface area (Å²) in [5.74, 6) is -0.963. The third-order valence-corrected chi connectivity index (χ3v) is 5.08. The molecule has 2 aromatic heterocycles. The van der Waals surface area contributed by atoms with Crippen LogP contribution in [0.1, 0.15) is 75.5 Å². The number of H-pyrrole nitrogens is 2. The van der Waals surface area contributed by atoms with Crippen molar-refractivity contribution in [2.75, 3.05) is 0 Å². The van der Waals surface area contributed by atoms with Crippen molar-refractivity contribution in [2.45, 2.75) is 83.7 Å². The molecule has 0 radical (unpaired) electrons. The number of rotatable bonds is 11. The molecule has 2 aromatic rings. The van der Waals surface area contributed by atoms with E-state index >= 15 is 0 Å². The van der Waals surface area contributed by atoms with Crippen molar-refractivity contribution in [3.05, 3.63) is 24.0 Å². The molecule has 1 saturated heterocycles. The second-order valence-electron chi connectivity index (χ2n) is 7.83. The molecular weight excluding hydrogens is 372 g/mol. The molecule has 1 aliphatic heterocycles. The van der Waals surface area contributed by atoms with Crippen molar-refractivity contribution in [2.24, 2.45) is 0 Å². The zero-order valence-corrected chi connectivity index (χ0v) is 17.4. The van der Waals surface area contributed by atoms with Gasteiger partial charge in [-0.1, -0.05) is 45.6 Å². The number of carbonyl (C=O) groups excluding carboxylic acids is 1. The first-order valence-electron chi connectivity index (χ1n) is 10.3. The van der Waals surface area contributed by atoms with Crippen molar-refractivity contribution in [1.29, 1.82) is 0 Å². The number of nitrogens with one attached hydrogen (secondary N) is 2. The van der Waals surface area contributed by atoms with Crippen LogP contribution in [0.4, 0.5) is 0 Å². The molecule has 9 heteroatoms. The Morgan fingerprint density at radius 1 is 1.03 bits per heavy atom. The lowest BCUT2D eigenvalue weighted by Crippen LogP contribution is -2.25. The van der Waals surface area contributed by atoms with E-state index in [2.05, 4.69) is 44.3 Å². The average molecular weight is 402 g/mol. The summed E-state index contributed by atoms with van der Waals surface area (Å²) in [6.07, 6.45) is 8.53. The standard InChI is InChI=1S/C20H30N6O3/c1-5-7-8-9-10-11-15-16(29-20(3,4)28-15)12-13-17(22-25-21-13)19-18(14(27)6-2)23-26-24-19/h6,15-16H,2,5,7-12H2,1,3-4H3,(H,21,22,25)(H,23,24,26). The van der Waals surface area contributed by atoms with Crippen molar-refractivity contribution in [3.63, 3.8) is 0 Å².